The molecule has 4 N–H and O–H groups in total. The fourth-order valence-electron chi connectivity index (χ4n) is 4.19. The lowest BCUT2D eigenvalue weighted by Crippen LogP contribution is -2.30. The predicted molar refractivity (Wildman–Crippen MR) is 126 cm³/mol. The average Bonchev–Trinajstić information content (AvgIpc) is 3.14. The molecular weight excluding hydrogens is 529 g/mol. The third-order valence-corrected chi connectivity index (χ3v) is 5.87. The first-order chi connectivity index (χ1) is 16.3. The number of rotatable bonds is 3. The predicted octanol–water partition coefficient (Wildman–Crippen LogP) is 1.82. The molecule has 1 aliphatic carbocycles. The number of carboxylic acids is 1. The Hall–Kier alpha value is -3.20. The number of pyridine rings is 2. The lowest BCUT2D eigenvalue weighted by atomic mass is 10.1. The Morgan fingerprint density at radius 2 is 1.72 bits per heavy atom. The van der Waals surface area contributed by atoms with E-state index in [2.05, 4.69) is 4.98 Å². The molecule has 1 unspecified atom stereocenters. The molecule has 1 aromatic carbocycles. The van der Waals surface area contributed by atoms with Crippen LogP contribution in [0.3, 0.4) is 0 Å². The van der Waals surface area contributed by atoms with Gasteiger partial charge in [-0.3, -0.25) is 13.9 Å². The highest BCUT2D eigenvalue weighted by atomic mass is 35.5. The maximum Gasteiger partial charge on any atom is 0.341 e. The summed E-state index contributed by atoms with van der Waals surface area (Å²) in [5.41, 5.74) is 3.94. The van der Waals surface area contributed by atoms with E-state index in [-0.39, 0.29) is 52.8 Å². The Bertz CT molecular complexity index is 1510. The van der Waals surface area contributed by atoms with Gasteiger partial charge in [0.2, 0.25) is 5.43 Å². The first kappa shape index (κ1) is 27.4. The van der Waals surface area contributed by atoms with Crippen LogP contribution in [0.15, 0.2) is 35.3 Å². The summed E-state index contributed by atoms with van der Waals surface area (Å²) in [5, 5.41) is 9.05. The zero-order valence-electron chi connectivity index (χ0n) is 18.4. The Kier molecular flexibility index (Phi) is 7.37. The van der Waals surface area contributed by atoms with Crippen LogP contribution >= 0.6 is 12.4 Å². The number of fused-ring (bicyclic) bond motifs is 2. The lowest BCUT2D eigenvalue weighted by Gasteiger charge is -2.22. The summed E-state index contributed by atoms with van der Waals surface area (Å²) in [5.74, 6) is -3.70. The van der Waals surface area contributed by atoms with Crippen molar-refractivity contribution in [1.82, 2.24) is 9.55 Å². The zero-order chi connectivity index (χ0) is 25.8. The number of nitrogens with zero attached hydrogens (tertiary/aromatic N) is 3. The molecule has 2 fully saturated rings. The second-order valence-electron chi connectivity index (χ2n) is 8.35. The molecule has 15 heteroatoms. The van der Waals surface area contributed by atoms with Crippen LogP contribution in [0.2, 0.25) is 0 Å². The molecule has 0 amide bonds. The molecule has 1 aliphatic heterocycles. The minimum atomic E-state index is -3.67. The number of piperidine rings is 1. The van der Waals surface area contributed by atoms with Crippen LogP contribution in [-0.2, 0) is 10.1 Å². The van der Waals surface area contributed by atoms with Crippen LogP contribution in [0.4, 0.5) is 19.0 Å². The first-order valence-corrected chi connectivity index (χ1v) is 12.0. The van der Waals surface area contributed by atoms with Gasteiger partial charge in [-0.15, -0.1) is 12.4 Å². The third kappa shape index (κ3) is 5.31. The standard InChI is InChI=1S/C20H15F3N4O3.CH4O3S.ClH/c21-8-1-2-15(13(22)3-8)27-7-12(20(29)30)17(28)9-4-14(23)19(25-18(9)27)26-5-10-11(6-26)16(10)24;1-5(2,3)4;/h1-4,7,10-11,16H,5-6,24H2,(H,29,30);1H3,(H,2,3,4);1H/t10-,11+,16?;;. The van der Waals surface area contributed by atoms with Crippen molar-refractivity contribution in [3.8, 4) is 5.69 Å². The van der Waals surface area contributed by atoms with Crippen molar-refractivity contribution in [2.75, 3.05) is 24.2 Å². The van der Waals surface area contributed by atoms with Gasteiger partial charge in [-0.2, -0.15) is 8.42 Å². The summed E-state index contributed by atoms with van der Waals surface area (Å²) in [6, 6.07) is 3.69. The molecule has 5 rings (SSSR count). The SMILES string of the molecule is CS(=O)(=O)O.Cl.NC1[C@H]2CN(c3nc4c(cc3F)c(=O)c(C(=O)O)cn4-c3ccc(F)cc3F)C[C@@H]12. The van der Waals surface area contributed by atoms with Gasteiger partial charge < -0.3 is 15.7 Å². The number of nitrogens with two attached hydrogens (primary N) is 1. The number of anilines is 1. The van der Waals surface area contributed by atoms with E-state index in [1.165, 1.54) is 0 Å². The molecule has 3 heterocycles. The van der Waals surface area contributed by atoms with Crippen LogP contribution in [0.5, 0.6) is 0 Å². The summed E-state index contributed by atoms with van der Waals surface area (Å²) in [7, 11) is -3.67. The monoisotopic (exact) mass is 548 g/mol. The summed E-state index contributed by atoms with van der Waals surface area (Å²) in [6.45, 7) is 1.01. The summed E-state index contributed by atoms with van der Waals surface area (Å²) in [4.78, 5) is 30.1. The molecule has 0 radical (unpaired) electrons. The van der Waals surface area contributed by atoms with E-state index >= 15 is 0 Å². The molecule has 1 saturated carbocycles. The number of aromatic nitrogens is 2. The smallest absolute Gasteiger partial charge is 0.341 e. The molecule has 3 atom stereocenters. The molecule has 2 aliphatic rings. The summed E-state index contributed by atoms with van der Waals surface area (Å²) >= 11 is 0. The largest absolute Gasteiger partial charge is 0.477 e. The Balaban J connectivity index is 0.000000551. The van der Waals surface area contributed by atoms with E-state index in [0.29, 0.717) is 25.4 Å². The van der Waals surface area contributed by atoms with Crippen molar-refractivity contribution >= 4 is 45.3 Å². The molecule has 2 aromatic heterocycles. The highest BCUT2D eigenvalue weighted by molar-refractivity contribution is 7.85. The maximum atomic E-state index is 14.8. The van der Waals surface area contributed by atoms with Crippen LogP contribution in [-0.4, -0.2) is 59.0 Å². The Morgan fingerprint density at radius 1 is 1.14 bits per heavy atom. The number of halogens is 4. The van der Waals surface area contributed by atoms with Gasteiger partial charge in [0.15, 0.2) is 17.3 Å². The second kappa shape index (κ2) is 9.69. The van der Waals surface area contributed by atoms with Crippen LogP contribution in [0, 0.1) is 29.3 Å². The molecule has 1 saturated heterocycles. The number of hydrogen-bond acceptors (Lipinski definition) is 7. The number of aromatic carboxylic acids is 1. The summed E-state index contributed by atoms with van der Waals surface area (Å²) < 4.78 is 69.6. The molecule has 3 aromatic rings. The summed E-state index contributed by atoms with van der Waals surface area (Å²) in [6.07, 6.45) is 1.63. The quantitative estimate of drug-likeness (QED) is 0.415. The maximum absolute atomic E-state index is 14.8. The highest BCUT2D eigenvalue weighted by Crippen LogP contribution is 2.45. The third-order valence-electron chi connectivity index (χ3n) is 5.87. The number of carbonyl (C=O) groups is 1. The molecule has 0 bridgehead atoms. The number of carboxylic acid groups (broad SMARTS) is 1. The normalized spacial score (nSPS) is 20.3. The number of hydrogen-bond donors (Lipinski definition) is 3. The molecule has 194 valence electrons. The van der Waals surface area contributed by atoms with Crippen molar-refractivity contribution in [3.05, 3.63) is 63.7 Å². The van der Waals surface area contributed by atoms with E-state index in [9.17, 15) is 36.3 Å². The topological polar surface area (TPSA) is 156 Å². The van der Waals surface area contributed by atoms with E-state index in [1.54, 1.807) is 4.90 Å². The minimum absolute atomic E-state index is 0. The van der Waals surface area contributed by atoms with Crippen LogP contribution in [0.1, 0.15) is 10.4 Å². The minimum Gasteiger partial charge on any atom is -0.477 e. The fourth-order valence-corrected chi connectivity index (χ4v) is 4.19. The second-order valence-corrected chi connectivity index (χ2v) is 9.82. The Morgan fingerprint density at radius 3 is 2.25 bits per heavy atom. The molecule has 0 spiro atoms. The van der Waals surface area contributed by atoms with E-state index in [4.69, 9.17) is 10.3 Å². The van der Waals surface area contributed by atoms with Gasteiger partial charge >= 0.3 is 5.97 Å². The number of benzene rings is 1. The first-order valence-electron chi connectivity index (χ1n) is 10.1. The lowest BCUT2D eigenvalue weighted by molar-refractivity contribution is 0.0695. The van der Waals surface area contributed by atoms with Gasteiger partial charge in [0.1, 0.15) is 17.2 Å². The van der Waals surface area contributed by atoms with E-state index < -0.39 is 44.5 Å². The Labute approximate surface area is 208 Å². The van der Waals surface area contributed by atoms with Crippen molar-refractivity contribution in [3.63, 3.8) is 0 Å². The van der Waals surface area contributed by atoms with Crippen molar-refractivity contribution in [1.29, 1.82) is 0 Å². The van der Waals surface area contributed by atoms with E-state index in [0.717, 1.165) is 29.0 Å². The molecule has 36 heavy (non-hydrogen) atoms. The van der Waals surface area contributed by atoms with Gasteiger partial charge in [0, 0.05) is 31.4 Å². The van der Waals surface area contributed by atoms with Gasteiger partial charge in [-0.1, -0.05) is 0 Å². The average molecular weight is 549 g/mol. The fraction of sp³-hybridized carbons (Fsp3) is 0.286. The van der Waals surface area contributed by atoms with Gasteiger partial charge in [-0.05, 0) is 30.0 Å². The van der Waals surface area contributed by atoms with Crippen molar-refractivity contribution in [2.24, 2.45) is 17.6 Å². The van der Waals surface area contributed by atoms with Gasteiger partial charge in [0.05, 0.1) is 17.3 Å². The van der Waals surface area contributed by atoms with Crippen molar-refractivity contribution < 1.29 is 36.0 Å². The zero-order valence-corrected chi connectivity index (χ0v) is 20.1. The van der Waals surface area contributed by atoms with Gasteiger partial charge in [0.25, 0.3) is 10.1 Å². The van der Waals surface area contributed by atoms with Crippen molar-refractivity contribution in [2.45, 2.75) is 6.04 Å². The molecular formula is C21H20ClF3N4O6S. The molecule has 10 nitrogen and oxygen atoms in total. The highest BCUT2D eigenvalue weighted by Gasteiger charge is 2.54. The van der Waals surface area contributed by atoms with Crippen LogP contribution < -0.4 is 16.1 Å². The van der Waals surface area contributed by atoms with E-state index in [1.807, 2.05) is 0 Å². The van der Waals surface area contributed by atoms with Crippen LogP contribution in [0.25, 0.3) is 16.7 Å². The van der Waals surface area contributed by atoms with Gasteiger partial charge in [-0.25, -0.2) is 22.9 Å².